The molecule has 1 aliphatic rings. The van der Waals surface area contributed by atoms with Gasteiger partial charge in [-0.15, -0.1) is 5.10 Å². The highest BCUT2D eigenvalue weighted by Gasteiger charge is 2.29. The third-order valence-corrected chi connectivity index (χ3v) is 4.70. The van der Waals surface area contributed by atoms with Gasteiger partial charge in [0.05, 0.1) is 18.8 Å². The van der Waals surface area contributed by atoms with Crippen LogP contribution in [0.15, 0.2) is 10.7 Å². The van der Waals surface area contributed by atoms with Gasteiger partial charge in [-0.2, -0.15) is 4.98 Å². The molecule has 3 rings (SSSR count). The summed E-state index contributed by atoms with van der Waals surface area (Å²) < 4.78 is 7.13. The van der Waals surface area contributed by atoms with Crippen molar-refractivity contribution in [1.29, 1.82) is 0 Å². The molecule has 2 N–H and O–H groups in total. The number of aryl methyl sites for hydroxylation is 1. The van der Waals surface area contributed by atoms with Crippen LogP contribution in [0.5, 0.6) is 0 Å². The van der Waals surface area contributed by atoms with Crippen LogP contribution in [0.2, 0.25) is 0 Å². The summed E-state index contributed by atoms with van der Waals surface area (Å²) in [5.74, 6) is 1.40. The summed E-state index contributed by atoms with van der Waals surface area (Å²) in [5.41, 5.74) is -0.380. The molecule has 2 atom stereocenters. The fourth-order valence-corrected chi connectivity index (χ4v) is 3.28. The summed E-state index contributed by atoms with van der Waals surface area (Å²) in [5, 5.41) is 26.1. The second-order valence-corrected chi connectivity index (χ2v) is 7.34. The van der Waals surface area contributed by atoms with Crippen LogP contribution in [0, 0.1) is 0 Å². The Hall–Kier alpha value is -1.80. The first-order valence-corrected chi connectivity index (χ1v) is 9.17. The molecule has 2 aromatic heterocycles. The molecule has 138 valence electrons. The van der Waals surface area contributed by atoms with E-state index in [0.717, 1.165) is 25.7 Å². The molecule has 0 saturated heterocycles. The molecular weight excluding hydrogens is 320 g/mol. The van der Waals surface area contributed by atoms with Crippen LogP contribution in [0.25, 0.3) is 0 Å². The van der Waals surface area contributed by atoms with E-state index in [2.05, 4.69) is 32.7 Å². The van der Waals surface area contributed by atoms with E-state index >= 15 is 0 Å². The summed E-state index contributed by atoms with van der Waals surface area (Å²) in [7, 11) is 0. The van der Waals surface area contributed by atoms with Crippen molar-refractivity contribution in [2.45, 2.75) is 83.5 Å². The van der Waals surface area contributed by atoms with E-state index in [4.69, 9.17) is 4.52 Å². The van der Waals surface area contributed by atoms with E-state index in [1.165, 1.54) is 12.8 Å². The highest BCUT2D eigenvalue weighted by molar-refractivity contribution is 5.04. The molecule has 25 heavy (non-hydrogen) atoms. The van der Waals surface area contributed by atoms with E-state index in [1.807, 2.05) is 10.9 Å². The minimum atomic E-state index is -0.976. The maximum atomic E-state index is 10.1. The fraction of sp³-hybridized carbons (Fsp3) is 0.765. The van der Waals surface area contributed by atoms with Crippen LogP contribution in [-0.2, 0) is 18.6 Å². The van der Waals surface area contributed by atoms with Crippen molar-refractivity contribution in [1.82, 2.24) is 30.5 Å². The summed E-state index contributed by atoms with van der Waals surface area (Å²) in [6.07, 6.45) is 8.14. The largest absolute Gasteiger partial charge is 0.384 e. The van der Waals surface area contributed by atoms with Gasteiger partial charge in [-0.3, -0.25) is 0 Å². The summed E-state index contributed by atoms with van der Waals surface area (Å²) in [6.45, 7) is 6.13. The number of hydrogen-bond donors (Lipinski definition) is 2. The highest BCUT2D eigenvalue weighted by atomic mass is 16.5. The number of aliphatic hydroxyl groups is 1. The topological polar surface area (TPSA) is 102 Å². The number of hydrogen-bond acceptors (Lipinski definition) is 7. The molecule has 0 amide bonds. The van der Waals surface area contributed by atoms with Gasteiger partial charge in [0.25, 0.3) is 0 Å². The lowest BCUT2D eigenvalue weighted by atomic mass is 9.90. The van der Waals surface area contributed by atoms with Gasteiger partial charge in [0.2, 0.25) is 5.89 Å². The molecular formula is C17H28N6O2. The van der Waals surface area contributed by atoms with E-state index in [-0.39, 0.29) is 12.1 Å². The number of aromatic nitrogens is 5. The Labute approximate surface area is 148 Å². The van der Waals surface area contributed by atoms with Crippen LogP contribution < -0.4 is 5.32 Å². The molecule has 0 aromatic carbocycles. The monoisotopic (exact) mass is 348 g/mol. The molecule has 1 aliphatic carbocycles. The van der Waals surface area contributed by atoms with E-state index in [9.17, 15) is 5.11 Å². The van der Waals surface area contributed by atoms with Gasteiger partial charge < -0.3 is 14.9 Å². The van der Waals surface area contributed by atoms with Gasteiger partial charge in [-0.05, 0) is 33.1 Å². The molecule has 2 heterocycles. The lowest BCUT2D eigenvalue weighted by Gasteiger charge is -2.31. The smallest absolute Gasteiger partial charge is 0.226 e. The summed E-state index contributed by atoms with van der Waals surface area (Å²) >= 11 is 0. The lowest BCUT2D eigenvalue weighted by Crippen LogP contribution is -2.40. The molecule has 2 aromatic rings. The average molecular weight is 348 g/mol. The first-order chi connectivity index (χ1) is 12.0. The molecule has 1 fully saturated rings. The number of rotatable bonds is 7. The Balaban J connectivity index is 1.65. The average Bonchev–Trinajstić information content (AvgIpc) is 3.22. The van der Waals surface area contributed by atoms with Gasteiger partial charge in [0, 0.05) is 12.5 Å². The van der Waals surface area contributed by atoms with Gasteiger partial charge >= 0.3 is 0 Å². The van der Waals surface area contributed by atoms with Crippen molar-refractivity contribution in [2.75, 3.05) is 0 Å². The zero-order valence-electron chi connectivity index (χ0n) is 15.3. The Morgan fingerprint density at radius 2 is 2.16 bits per heavy atom. The number of nitrogens with one attached hydrogen (secondary N) is 1. The van der Waals surface area contributed by atoms with Gasteiger partial charge in [-0.25, -0.2) is 4.68 Å². The lowest BCUT2D eigenvalue weighted by molar-refractivity contribution is 0.0736. The third kappa shape index (κ3) is 4.43. The highest BCUT2D eigenvalue weighted by Crippen LogP contribution is 2.29. The fourth-order valence-electron chi connectivity index (χ4n) is 3.28. The molecule has 1 saturated carbocycles. The van der Waals surface area contributed by atoms with Crippen LogP contribution >= 0.6 is 0 Å². The molecule has 8 heteroatoms. The van der Waals surface area contributed by atoms with Crippen LogP contribution in [0.4, 0.5) is 0 Å². The van der Waals surface area contributed by atoms with E-state index in [0.29, 0.717) is 24.0 Å². The maximum Gasteiger partial charge on any atom is 0.226 e. The quantitative estimate of drug-likeness (QED) is 0.790. The summed E-state index contributed by atoms with van der Waals surface area (Å²) in [6, 6.07) is 0.498. The Morgan fingerprint density at radius 1 is 1.36 bits per heavy atom. The van der Waals surface area contributed by atoms with Gasteiger partial charge in [0.15, 0.2) is 5.82 Å². The third-order valence-electron chi connectivity index (χ3n) is 4.70. The minimum absolute atomic E-state index is 0.222. The molecule has 8 nitrogen and oxygen atoms in total. The molecule has 0 bridgehead atoms. The van der Waals surface area contributed by atoms with Crippen molar-refractivity contribution in [2.24, 2.45) is 0 Å². The second-order valence-electron chi connectivity index (χ2n) is 7.34. The zero-order valence-corrected chi connectivity index (χ0v) is 15.3. The Bertz CT molecular complexity index is 675. The second kappa shape index (κ2) is 7.61. The Morgan fingerprint density at radius 3 is 2.88 bits per heavy atom. The van der Waals surface area contributed by atoms with Crippen LogP contribution in [0.1, 0.15) is 76.3 Å². The van der Waals surface area contributed by atoms with Crippen molar-refractivity contribution >= 4 is 0 Å². The van der Waals surface area contributed by atoms with Crippen molar-refractivity contribution < 1.29 is 9.63 Å². The standard InChI is InChI=1S/C17H28N6O2/c1-4-7-16-19-15(21-25-16)10-18-12-8-5-6-9-13(12)23-11-14(20-22-23)17(2,3)24/h11-13,18,24H,4-10H2,1-3H3/t12-,13+/m0/s1. The SMILES string of the molecule is CCCc1nc(CN[C@H]2CCCC[C@H]2n2cc(C(C)(C)O)nn2)no1. The predicted octanol–water partition coefficient (Wildman–Crippen LogP) is 2.11. The van der Waals surface area contributed by atoms with E-state index in [1.54, 1.807) is 13.8 Å². The minimum Gasteiger partial charge on any atom is -0.384 e. The molecule has 0 radical (unpaired) electrons. The normalized spacial score (nSPS) is 21.6. The molecule has 0 unspecified atom stereocenters. The Kier molecular flexibility index (Phi) is 5.48. The first kappa shape index (κ1) is 18.0. The van der Waals surface area contributed by atoms with Crippen LogP contribution in [-0.4, -0.2) is 36.3 Å². The van der Waals surface area contributed by atoms with Crippen molar-refractivity contribution in [3.05, 3.63) is 23.6 Å². The van der Waals surface area contributed by atoms with Crippen molar-refractivity contribution in [3.63, 3.8) is 0 Å². The summed E-state index contributed by atoms with van der Waals surface area (Å²) in [4.78, 5) is 4.41. The first-order valence-electron chi connectivity index (χ1n) is 9.17. The molecule has 0 spiro atoms. The van der Waals surface area contributed by atoms with Gasteiger partial charge in [-0.1, -0.05) is 30.1 Å². The van der Waals surface area contributed by atoms with Crippen LogP contribution in [0.3, 0.4) is 0 Å². The van der Waals surface area contributed by atoms with Gasteiger partial charge in [0.1, 0.15) is 11.3 Å². The van der Waals surface area contributed by atoms with Crippen molar-refractivity contribution in [3.8, 4) is 0 Å². The molecule has 0 aliphatic heterocycles. The predicted molar refractivity (Wildman–Crippen MR) is 91.7 cm³/mol. The zero-order chi connectivity index (χ0) is 17.9. The number of nitrogens with zero attached hydrogens (tertiary/aromatic N) is 5. The van der Waals surface area contributed by atoms with E-state index < -0.39 is 5.60 Å². The maximum absolute atomic E-state index is 10.1.